The molecule has 0 spiro atoms. The predicted molar refractivity (Wildman–Crippen MR) is 52.6 cm³/mol. The van der Waals surface area contributed by atoms with Crippen LogP contribution in [0.3, 0.4) is 0 Å². The number of rotatable bonds is 4. The van der Waals surface area contributed by atoms with Gasteiger partial charge in [0, 0.05) is 13.1 Å². The first-order valence-electron chi connectivity index (χ1n) is 4.18. The second-order valence-corrected chi connectivity index (χ2v) is 2.60. The lowest BCUT2D eigenvalue weighted by molar-refractivity contribution is 0.711. The molecule has 1 aromatic rings. The van der Waals surface area contributed by atoms with Crippen LogP contribution in [-0.2, 0) is 0 Å². The van der Waals surface area contributed by atoms with Gasteiger partial charge in [0.1, 0.15) is 6.33 Å². The first-order chi connectivity index (χ1) is 6.38. The molecule has 0 bridgehead atoms. The molecule has 0 aliphatic heterocycles. The molecule has 0 saturated heterocycles. The van der Waals surface area contributed by atoms with Crippen molar-refractivity contribution in [2.24, 2.45) is 5.73 Å². The molecule has 3 heteroatoms. The zero-order valence-electron chi connectivity index (χ0n) is 7.33. The standard InChI is InChI=1S/C10H13FN2/c11-8-10(13-7-6-12)9-4-2-1-3-5-9/h1-5,8,13H,6-7,12H2. The highest BCUT2D eigenvalue weighted by Gasteiger charge is 1.98. The van der Waals surface area contributed by atoms with Gasteiger partial charge in [0.25, 0.3) is 0 Å². The molecule has 0 aliphatic carbocycles. The van der Waals surface area contributed by atoms with Crippen LogP contribution in [-0.4, -0.2) is 13.1 Å². The molecule has 0 aliphatic rings. The topological polar surface area (TPSA) is 38.0 Å². The lowest BCUT2D eigenvalue weighted by Gasteiger charge is -2.07. The van der Waals surface area contributed by atoms with E-state index in [-0.39, 0.29) is 0 Å². The summed E-state index contributed by atoms with van der Waals surface area (Å²) in [5.74, 6) is 0. The molecule has 0 saturated carbocycles. The Morgan fingerprint density at radius 1 is 1.38 bits per heavy atom. The van der Waals surface area contributed by atoms with Gasteiger partial charge in [0.15, 0.2) is 0 Å². The summed E-state index contributed by atoms with van der Waals surface area (Å²) in [6, 6.07) is 9.30. The number of hydrogen-bond acceptors (Lipinski definition) is 2. The lowest BCUT2D eigenvalue weighted by Crippen LogP contribution is -2.20. The minimum absolute atomic E-state index is 0.478. The van der Waals surface area contributed by atoms with Crippen LogP contribution in [0.5, 0.6) is 0 Å². The van der Waals surface area contributed by atoms with E-state index in [4.69, 9.17) is 5.73 Å². The van der Waals surface area contributed by atoms with Gasteiger partial charge in [0.05, 0.1) is 5.70 Å². The third kappa shape index (κ3) is 2.87. The molecule has 0 fully saturated rings. The largest absolute Gasteiger partial charge is 0.381 e. The first kappa shape index (κ1) is 9.74. The van der Waals surface area contributed by atoms with Crippen molar-refractivity contribution in [2.75, 3.05) is 13.1 Å². The highest BCUT2D eigenvalue weighted by molar-refractivity contribution is 5.62. The highest BCUT2D eigenvalue weighted by Crippen LogP contribution is 2.10. The van der Waals surface area contributed by atoms with E-state index in [0.29, 0.717) is 25.1 Å². The zero-order chi connectivity index (χ0) is 9.52. The maximum absolute atomic E-state index is 12.4. The number of halogens is 1. The molecule has 0 heterocycles. The van der Waals surface area contributed by atoms with E-state index in [1.54, 1.807) is 0 Å². The first-order valence-corrected chi connectivity index (χ1v) is 4.18. The summed E-state index contributed by atoms with van der Waals surface area (Å²) in [7, 11) is 0. The molecule has 1 aromatic carbocycles. The van der Waals surface area contributed by atoms with Crippen LogP contribution in [0.15, 0.2) is 36.7 Å². The van der Waals surface area contributed by atoms with Crippen LogP contribution in [0.1, 0.15) is 5.56 Å². The van der Waals surface area contributed by atoms with Crippen LogP contribution >= 0.6 is 0 Å². The SMILES string of the molecule is NCCNC(=CF)c1ccccc1. The van der Waals surface area contributed by atoms with Crippen LogP contribution in [0.4, 0.5) is 4.39 Å². The van der Waals surface area contributed by atoms with Crippen LogP contribution in [0, 0.1) is 0 Å². The monoisotopic (exact) mass is 180 g/mol. The van der Waals surface area contributed by atoms with Crippen molar-refractivity contribution in [3.05, 3.63) is 42.2 Å². The van der Waals surface area contributed by atoms with Gasteiger partial charge in [-0.15, -0.1) is 0 Å². The Kier molecular flexibility index (Phi) is 3.99. The van der Waals surface area contributed by atoms with E-state index in [0.717, 1.165) is 5.56 Å². The molecule has 0 amide bonds. The van der Waals surface area contributed by atoms with Crippen LogP contribution in [0.2, 0.25) is 0 Å². The van der Waals surface area contributed by atoms with E-state index >= 15 is 0 Å². The van der Waals surface area contributed by atoms with Gasteiger partial charge >= 0.3 is 0 Å². The maximum atomic E-state index is 12.4. The Balaban J connectivity index is 2.69. The van der Waals surface area contributed by atoms with E-state index in [1.807, 2.05) is 30.3 Å². The zero-order valence-corrected chi connectivity index (χ0v) is 7.33. The third-order valence-electron chi connectivity index (χ3n) is 1.65. The van der Waals surface area contributed by atoms with E-state index < -0.39 is 0 Å². The van der Waals surface area contributed by atoms with Gasteiger partial charge in [-0.2, -0.15) is 0 Å². The normalized spacial score (nSPS) is 11.4. The Hall–Kier alpha value is -1.35. The van der Waals surface area contributed by atoms with Crippen molar-refractivity contribution in [3.63, 3.8) is 0 Å². The van der Waals surface area contributed by atoms with Crippen LogP contribution < -0.4 is 11.1 Å². The van der Waals surface area contributed by atoms with Gasteiger partial charge in [-0.25, -0.2) is 4.39 Å². The molecular weight excluding hydrogens is 167 g/mol. The fraction of sp³-hybridized carbons (Fsp3) is 0.200. The van der Waals surface area contributed by atoms with E-state index in [9.17, 15) is 4.39 Å². The Morgan fingerprint density at radius 2 is 2.08 bits per heavy atom. The molecule has 1 rings (SSSR count). The number of nitrogens with one attached hydrogen (secondary N) is 1. The van der Waals surface area contributed by atoms with Crippen molar-refractivity contribution >= 4 is 5.70 Å². The fourth-order valence-corrected chi connectivity index (χ4v) is 1.03. The van der Waals surface area contributed by atoms with Gasteiger partial charge in [-0.1, -0.05) is 30.3 Å². The smallest absolute Gasteiger partial charge is 0.110 e. The molecule has 2 nitrogen and oxygen atoms in total. The van der Waals surface area contributed by atoms with E-state index in [1.165, 1.54) is 0 Å². The summed E-state index contributed by atoms with van der Waals surface area (Å²) in [6.45, 7) is 1.06. The Labute approximate surface area is 77.3 Å². The van der Waals surface area contributed by atoms with Crippen molar-refractivity contribution < 1.29 is 4.39 Å². The summed E-state index contributed by atoms with van der Waals surface area (Å²) in [4.78, 5) is 0. The van der Waals surface area contributed by atoms with Gasteiger partial charge in [-0.05, 0) is 5.56 Å². The summed E-state index contributed by atoms with van der Waals surface area (Å²) in [5, 5.41) is 2.90. The number of nitrogens with two attached hydrogens (primary N) is 1. The van der Waals surface area contributed by atoms with E-state index in [2.05, 4.69) is 5.32 Å². The minimum atomic E-state index is 0.478. The molecular formula is C10H13FN2. The van der Waals surface area contributed by atoms with Gasteiger partial charge < -0.3 is 11.1 Å². The van der Waals surface area contributed by atoms with Gasteiger partial charge in [0.2, 0.25) is 0 Å². The summed E-state index contributed by atoms with van der Waals surface area (Å²) in [5.41, 5.74) is 6.61. The predicted octanol–water partition coefficient (Wildman–Crippen LogP) is 1.50. The second kappa shape index (κ2) is 5.32. The van der Waals surface area contributed by atoms with Crippen molar-refractivity contribution in [3.8, 4) is 0 Å². The molecule has 0 aromatic heterocycles. The average molecular weight is 180 g/mol. The van der Waals surface area contributed by atoms with Crippen molar-refractivity contribution in [2.45, 2.75) is 0 Å². The summed E-state index contributed by atoms with van der Waals surface area (Å²) >= 11 is 0. The maximum Gasteiger partial charge on any atom is 0.110 e. The molecule has 0 atom stereocenters. The Bertz CT molecular complexity index is 270. The third-order valence-corrected chi connectivity index (χ3v) is 1.65. The number of hydrogen-bond donors (Lipinski definition) is 2. The van der Waals surface area contributed by atoms with Crippen molar-refractivity contribution in [1.82, 2.24) is 5.32 Å². The average Bonchev–Trinajstić information content (AvgIpc) is 2.21. The molecule has 70 valence electrons. The number of benzene rings is 1. The Morgan fingerprint density at radius 3 is 2.62 bits per heavy atom. The quantitative estimate of drug-likeness (QED) is 0.737. The molecule has 3 N–H and O–H groups in total. The summed E-state index contributed by atoms with van der Waals surface area (Å²) < 4.78 is 12.4. The van der Waals surface area contributed by atoms with Crippen molar-refractivity contribution in [1.29, 1.82) is 0 Å². The lowest BCUT2D eigenvalue weighted by atomic mass is 10.2. The van der Waals surface area contributed by atoms with Crippen LogP contribution in [0.25, 0.3) is 5.70 Å². The van der Waals surface area contributed by atoms with Gasteiger partial charge in [-0.3, -0.25) is 0 Å². The molecule has 0 radical (unpaired) electrons. The second-order valence-electron chi connectivity index (χ2n) is 2.60. The molecule has 13 heavy (non-hydrogen) atoms. The minimum Gasteiger partial charge on any atom is -0.381 e. The fourth-order valence-electron chi connectivity index (χ4n) is 1.03. The molecule has 0 unspecified atom stereocenters. The highest BCUT2D eigenvalue weighted by atomic mass is 19.1. The summed E-state index contributed by atoms with van der Waals surface area (Å²) in [6.07, 6.45) is 0.561.